The van der Waals surface area contributed by atoms with Gasteiger partial charge in [0.2, 0.25) is 0 Å². The van der Waals surface area contributed by atoms with E-state index in [1.165, 1.54) is 13.8 Å². The van der Waals surface area contributed by atoms with Crippen molar-refractivity contribution >= 4 is 5.78 Å². The SMILES string of the molecule is CC(C)=O.C[C@@H](O)c1ccccc1. The fourth-order valence-corrected chi connectivity index (χ4v) is 0.732. The van der Waals surface area contributed by atoms with Crippen molar-refractivity contribution < 1.29 is 9.90 Å². The van der Waals surface area contributed by atoms with E-state index in [0.29, 0.717) is 0 Å². The van der Waals surface area contributed by atoms with Gasteiger partial charge in [-0.05, 0) is 26.3 Å². The number of hydrogen-bond donors (Lipinski definition) is 1. The number of rotatable bonds is 1. The van der Waals surface area contributed by atoms with E-state index in [0.717, 1.165) is 5.56 Å². The minimum atomic E-state index is -0.341. The Morgan fingerprint density at radius 2 is 1.62 bits per heavy atom. The van der Waals surface area contributed by atoms with Crippen molar-refractivity contribution in [2.75, 3.05) is 0 Å². The topological polar surface area (TPSA) is 37.3 Å². The lowest BCUT2D eigenvalue weighted by atomic mass is 10.1. The van der Waals surface area contributed by atoms with Crippen molar-refractivity contribution in [1.29, 1.82) is 0 Å². The van der Waals surface area contributed by atoms with E-state index in [2.05, 4.69) is 0 Å². The number of hydrogen-bond acceptors (Lipinski definition) is 2. The van der Waals surface area contributed by atoms with Crippen LogP contribution in [0.5, 0.6) is 0 Å². The fraction of sp³-hybridized carbons (Fsp3) is 0.364. The maximum absolute atomic E-state index is 9.44. The Kier molecular flexibility index (Phi) is 5.81. The predicted molar refractivity (Wildman–Crippen MR) is 53.4 cm³/mol. The lowest BCUT2D eigenvalue weighted by Gasteiger charge is -2.00. The summed E-state index contributed by atoms with van der Waals surface area (Å²) in [7, 11) is 0. The molecule has 0 unspecified atom stereocenters. The molecular weight excluding hydrogens is 164 g/mol. The quantitative estimate of drug-likeness (QED) is 0.720. The smallest absolute Gasteiger partial charge is 0.126 e. The van der Waals surface area contributed by atoms with Crippen molar-refractivity contribution in [2.45, 2.75) is 26.9 Å². The molecule has 0 spiro atoms. The van der Waals surface area contributed by atoms with Gasteiger partial charge in [-0.15, -0.1) is 0 Å². The van der Waals surface area contributed by atoms with Gasteiger partial charge in [-0.3, -0.25) is 0 Å². The first-order valence-electron chi connectivity index (χ1n) is 4.24. The Labute approximate surface area is 79.2 Å². The first kappa shape index (κ1) is 11.8. The van der Waals surface area contributed by atoms with Crippen LogP contribution in [0.1, 0.15) is 32.4 Å². The molecule has 72 valence electrons. The molecule has 1 N–H and O–H groups in total. The average Bonchev–Trinajstić information content (AvgIpc) is 2.05. The van der Waals surface area contributed by atoms with Crippen LogP contribution in [0.25, 0.3) is 0 Å². The molecule has 0 fully saturated rings. The second-order valence-electron chi connectivity index (χ2n) is 2.99. The van der Waals surface area contributed by atoms with Gasteiger partial charge in [-0.1, -0.05) is 30.3 Å². The summed E-state index contributed by atoms with van der Waals surface area (Å²) in [5.41, 5.74) is 0.970. The first-order chi connectivity index (χ1) is 6.04. The molecule has 0 aliphatic rings. The van der Waals surface area contributed by atoms with Crippen molar-refractivity contribution in [1.82, 2.24) is 0 Å². The Balaban J connectivity index is 0.000000310. The highest BCUT2D eigenvalue weighted by molar-refractivity contribution is 5.72. The highest BCUT2D eigenvalue weighted by Crippen LogP contribution is 2.08. The van der Waals surface area contributed by atoms with Crippen LogP contribution in [-0.2, 0) is 4.79 Å². The number of carbonyl (C=O) groups is 1. The number of benzene rings is 1. The third-order valence-electron chi connectivity index (χ3n) is 1.28. The maximum Gasteiger partial charge on any atom is 0.126 e. The molecule has 2 heteroatoms. The molecule has 1 rings (SSSR count). The average molecular weight is 180 g/mol. The third-order valence-corrected chi connectivity index (χ3v) is 1.28. The van der Waals surface area contributed by atoms with Crippen LogP contribution in [0, 0.1) is 0 Å². The molecule has 0 amide bonds. The summed E-state index contributed by atoms with van der Waals surface area (Å²) in [6.45, 7) is 4.81. The molecule has 0 saturated carbocycles. The number of aliphatic hydroxyl groups excluding tert-OH is 1. The minimum Gasteiger partial charge on any atom is -0.389 e. The van der Waals surface area contributed by atoms with Gasteiger partial charge in [0.05, 0.1) is 6.10 Å². The van der Waals surface area contributed by atoms with Gasteiger partial charge < -0.3 is 9.90 Å². The monoisotopic (exact) mass is 180 g/mol. The minimum absolute atomic E-state index is 0.167. The van der Waals surface area contributed by atoms with E-state index in [4.69, 9.17) is 5.11 Å². The molecule has 13 heavy (non-hydrogen) atoms. The second kappa shape index (κ2) is 6.38. The maximum atomic E-state index is 9.44. The summed E-state index contributed by atoms with van der Waals surface area (Å²) >= 11 is 0. The Morgan fingerprint density at radius 1 is 1.23 bits per heavy atom. The summed E-state index contributed by atoms with van der Waals surface area (Å²) in [5, 5.41) is 9.02. The summed E-state index contributed by atoms with van der Waals surface area (Å²) in [5.74, 6) is 0.167. The van der Waals surface area contributed by atoms with E-state index in [1.54, 1.807) is 6.92 Å². The number of carbonyl (C=O) groups excluding carboxylic acids is 1. The van der Waals surface area contributed by atoms with Gasteiger partial charge in [0.25, 0.3) is 0 Å². The molecule has 0 heterocycles. The molecule has 0 aliphatic heterocycles. The van der Waals surface area contributed by atoms with Crippen LogP contribution in [-0.4, -0.2) is 10.9 Å². The van der Waals surface area contributed by atoms with Crippen molar-refractivity contribution in [3.63, 3.8) is 0 Å². The first-order valence-corrected chi connectivity index (χ1v) is 4.24. The van der Waals surface area contributed by atoms with Gasteiger partial charge >= 0.3 is 0 Å². The van der Waals surface area contributed by atoms with Gasteiger partial charge in [0.1, 0.15) is 5.78 Å². The van der Waals surface area contributed by atoms with E-state index in [1.807, 2.05) is 30.3 Å². The summed E-state index contributed by atoms with van der Waals surface area (Å²) in [6.07, 6.45) is -0.341. The van der Waals surface area contributed by atoms with Crippen LogP contribution in [0.4, 0.5) is 0 Å². The molecule has 1 aromatic rings. The Bertz CT molecular complexity index is 236. The van der Waals surface area contributed by atoms with E-state index in [9.17, 15) is 4.79 Å². The molecule has 0 bridgehead atoms. The molecule has 0 aromatic heterocycles. The lowest BCUT2D eigenvalue weighted by Crippen LogP contribution is -1.87. The van der Waals surface area contributed by atoms with Crippen molar-refractivity contribution in [2.24, 2.45) is 0 Å². The molecule has 1 atom stereocenters. The largest absolute Gasteiger partial charge is 0.389 e. The number of Topliss-reactive ketones (excluding diaryl/α,β-unsaturated/α-hetero) is 1. The second-order valence-corrected chi connectivity index (χ2v) is 2.99. The molecule has 1 aromatic carbocycles. The van der Waals surface area contributed by atoms with E-state index >= 15 is 0 Å². The fourth-order valence-electron chi connectivity index (χ4n) is 0.732. The van der Waals surface area contributed by atoms with Crippen LogP contribution < -0.4 is 0 Å². The van der Waals surface area contributed by atoms with Gasteiger partial charge in [-0.25, -0.2) is 0 Å². The summed E-state index contributed by atoms with van der Waals surface area (Å²) in [4.78, 5) is 9.44. The van der Waals surface area contributed by atoms with Crippen LogP contribution in [0.2, 0.25) is 0 Å². The summed E-state index contributed by atoms with van der Waals surface area (Å²) < 4.78 is 0. The lowest BCUT2D eigenvalue weighted by molar-refractivity contribution is -0.114. The zero-order valence-electron chi connectivity index (χ0n) is 8.32. The van der Waals surface area contributed by atoms with Gasteiger partial charge in [0, 0.05) is 0 Å². The summed E-state index contributed by atoms with van der Waals surface area (Å²) in [6, 6.07) is 9.59. The highest BCUT2D eigenvalue weighted by atomic mass is 16.3. The predicted octanol–water partition coefficient (Wildman–Crippen LogP) is 2.34. The number of aliphatic hydroxyl groups is 1. The standard InChI is InChI=1S/C8H10O.C3H6O/c1-7(9)8-5-3-2-4-6-8;1-3(2)4/h2-7,9H,1H3;1-2H3/t7-;/m1./s1. The van der Waals surface area contributed by atoms with Crippen LogP contribution in [0.3, 0.4) is 0 Å². The molecule has 0 radical (unpaired) electrons. The van der Waals surface area contributed by atoms with Crippen molar-refractivity contribution in [3.8, 4) is 0 Å². The normalized spacial score (nSPS) is 11.1. The van der Waals surface area contributed by atoms with Crippen molar-refractivity contribution in [3.05, 3.63) is 35.9 Å². The van der Waals surface area contributed by atoms with Crippen LogP contribution >= 0.6 is 0 Å². The molecule has 2 nitrogen and oxygen atoms in total. The zero-order valence-corrected chi connectivity index (χ0v) is 8.32. The van der Waals surface area contributed by atoms with E-state index < -0.39 is 0 Å². The molecular formula is C11H16O2. The third kappa shape index (κ3) is 7.22. The molecule has 0 aliphatic carbocycles. The van der Waals surface area contributed by atoms with Gasteiger partial charge in [-0.2, -0.15) is 0 Å². The Morgan fingerprint density at radius 3 is 1.85 bits per heavy atom. The highest BCUT2D eigenvalue weighted by Gasteiger charge is 1.95. The van der Waals surface area contributed by atoms with E-state index in [-0.39, 0.29) is 11.9 Å². The van der Waals surface area contributed by atoms with Crippen LogP contribution in [0.15, 0.2) is 30.3 Å². The number of ketones is 1. The zero-order chi connectivity index (χ0) is 10.3. The molecule has 0 saturated heterocycles. The van der Waals surface area contributed by atoms with Gasteiger partial charge in [0.15, 0.2) is 0 Å². The Hall–Kier alpha value is -1.15.